The number of benzene rings is 1. The van der Waals surface area contributed by atoms with Crippen LogP contribution in [0.2, 0.25) is 0 Å². The van der Waals surface area contributed by atoms with Gasteiger partial charge in [0.15, 0.2) is 6.23 Å². The second kappa shape index (κ2) is 12.7. The predicted octanol–water partition coefficient (Wildman–Crippen LogP) is 2.81. The highest BCUT2D eigenvalue weighted by molar-refractivity contribution is 7.52. The molecule has 0 bridgehead atoms. The fourth-order valence-electron chi connectivity index (χ4n) is 4.76. The maximum Gasteiger partial charge on any atom is 0.459 e. The third-order valence-electron chi connectivity index (χ3n) is 7.12. The topological polar surface area (TPSA) is 188 Å². The van der Waals surface area contributed by atoms with E-state index in [1.165, 1.54) is 38.2 Å². The zero-order valence-electron chi connectivity index (χ0n) is 22.6. The van der Waals surface area contributed by atoms with E-state index in [4.69, 9.17) is 24.3 Å². The van der Waals surface area contributed by atoms with Gasteiger partial charge in [0.1, 0.15) is 47.2 Å². The molecule has 2 heterocycles. The number of aliphatic hydroxyl groups excluding tert-OH is 1. The Morgan fingerprint density at radius 2 is 2.02 bits per heavy atom. The monoisotopic (exact) mass is 593 g/mol. The standard InChI is InChI=1S/C26H33FN5O8P/c1-16(23(34)38-18-6-4-3-5-7-18)31-41(36,40-19-10-8-17(27)9-11-19)37-14-20-22(33)26(2,15-28)24(39-20)32-13-12-21(29)30-25(32)35/h8-13,16,18,20,22,24,33H,3-7,14H2,1-2H3,(H,31,36)(H2,29,30,35). The summed E-state index contributed by atoms with van der Waals surface area (Å²) in [7, 11) is -4.40. The number of nitrogens with two attached hydrogens (primary N) is 1. The third-order valence-corrected chi connectivity index (χ3v) is 8.76. The highest BCUT2D eigenvalue weighted by Crippen LogP contribution is 2.49. The minimum absolute atomic E-state index is 0.0257. The molecule has 4 rings (SSSR count). The molecular formula is C26H33FN5O8P. The van der Waals surface area contributed by atoms with E-state index >= 15 is 0 Å². The van der Waals surface area contributed by atoms with Crippen LogP contribution in [0.25, 0.3) is 0 Å². The molecule has 1 aromatic carbocycles. The molecule has 0 spiro atoms. The first-order valence-corrected chi connectivity index (χ1v) is 14.8. The third kappa shape index (κ3) is 7.12. The van der Waals surface area contributed by atoms with Gasteiger partial charge in [-0.15, -0.1) is 0 Å². The molecule has 0 amide bonds. The van der Waals surface area contributed by atoms with Crippen molar-refractivity contribution in [3.8, 4) is 11.8 Å². The molecule has 2 aromatic rings. The summed E-state index contributed by atoms with van der Waals surface area (Å²) >= 11 is 0. The van der Waals surface area contributed by atoms with E-state index in [9.17, 15) is 28.9 Å². The lowest BCUT2D eigenvalue weighted by atomic mass is 9.84. The first-order valence-electron chi connectivity index (χ1n) is 13.2. The Kier molecular flexibility index (Phi) is 9.46. The SMILES string of the molecule is CC(NP(=O)(OCC1OC(n2ccc(N)nc2=O)C(C)(C#N)C1O)Oc1ccc(F)cc1)C(=O)OC1CCCCC1. The number of carbonyl (C=O) groups is 1. The van der Waals surface area contributed by atoms with E-state index in [0.717, 1.165) is 48.8 Å². The first kappa shape index (κ1) is 30.6. The summed E-state index contributed by atoms with van der Waals surface area (Å²) in [6, 6.07) is 6.81. The van der Waals surface area contributed by atoms with Gasteiger partial charge in [-0.1, -0.05) is 6.42 Å². The molecule has 13 nitrogen and oxygen atoms in total. The van der Waals surface area contributed by atoms with E-state index in [1.54, 1.807) is 0 Å². The first-order chi connectivity index (χ1) is 19.4. The molecule has 1 aliphatic carbocycles. The number of nitrogens with one attached hydrogen (secondary N) is 1. The van der Waals surface area contributed by atoms with E-state index < -0.39 is 61.7 Å². The van der Waals surface area contributed by atoms with E-state index in [-0.39, 0.29) is 17.7 Å². The Balaban J connectivity index is 1.52. The highest BCUT2D eigenvalue weighted by Gasteiger charge is 2.55. The molecule has 6 atom stereocenters. The van der Waals surface area contributed by atoms with Gasteiger partial charge in [0.05, 0.1) is 12.7 Å². The number of halogens is 1. The smallest absolute Gasteiger partial charge is 0.459 e. The van der Waals surface area contributed by atoms with Crippen molar-refractivity contribution in [2.24, 2.45) is 5.41 Å². The summed E-state index contributed by atoms with van der Waals surface area (Å²) in [4.78, 5) is 28.8. The molecular weight excluding hydrogens is 560 g/mol. The van der Waals surface area contributed by atoms with E-state index in [2.05, 4.69) is 10.1 Å². The zero-order valence-corrected chi connectivity index (χ0v) is 23.5. The predicted molar refractivity (Wildman–Crippen MR) is 143 cm³/mol. The number of aliphatic hydroxyl groups is 1. The maximum atomic E-state index is 13.9. The number of esters is 1. The number of rotatable bonds is 10. The van der Waals surface area contributed by atoms with Crippen molar-refractivity contribution < 1.29 is 37.4 Å². The number of nitrogen functional groups attached to an aromatic ring is 1. The molecule has 41 heavy (non-hydrogen) atoms. The van der Waals surface area contributed by atoms with Crippen LogP contribution < -0.4 is 21.0 Å². The van der Waals surface area contributed by atoms with Crippen molar-refractivity contribution in [1.29, 1.82) is 5.26 Å². The fourth-order valence-corrected chi connectivity index (χ4v) is 6.26. The van der Waals surface area contributed by atoms with Crippen LogP contribution in [0.15, 0.2) is 41.3 Å². The quantitative estimate of drug-likeness (QED) is 0.270. The van der Waals surface area contributed by atoms with Crippen molar-refractivity contribution in [2.75, 3.05) is 12.3 Å². The molecule has 2 fully saturated rings. The summed E-state index contributed by atoms with van der Waals surface area (Å²) in [5.41, 5.74) is 3.12. The van der Waals surface area contributed by atoms with Crippen LogP contribution >= 0.6 is 7.75 Å². The molecule has 1 saturated heterocycles. The van der Waals surface area contributed by atoms with Crippen molar-refractivity contribution in [1.82, 2.24) is 14.6 Å². The van der Waals surface area contributed by atoms with Crippen molar-refractivity contribution in [2.45, 2.75) is 76.5 Å². The van der Waals surface area contributed by atoms with E-state index in [1.807, 2.05) is 6.07 Å². The number of nitrogens with zero attached hydrogens (tertiary/aromatic N) is 3. The molecule has 4 N–H and O–H groups in total. The Morgan fingerprint density at radius 1 is 1.34 bits per heavy atom. The van der Waals surface area contributed by atoms with Crippen LogP contribution in [0.5, 0.6) is 5.75 Å². The lowest BCUT2D eigenvalue weighted by molar-refractivity contribution is -0.152. The molecule has 1 aliphatic heterocycles. The molecule has 6 unspecified atom stereocenters. The number of nitriles is 1. The average molecular weight is 594 g/mol. The van der Waals surface area contributed by atoms with Gasteiger partial charge in [-0.05, 0) is 69.9 Å². The van der Waals surface area contributed by atoms with Crippen LogP contribution in [0.4, 0.5) is 10.2 Å². The second-order valence-electron chi connectivity index (χ2n) is 10.3. The van der Waals surface area contributed by atoms with Crippen molar-refractivity contribution in [3.05, 3.63) is 52.8 Å². The minimum Gasteiger partial charge on any atom is -0.461 e. The zero-order chi connectivity index (χ0) is 29.8. The van der Waals surface area contributed by atoms with E-state index in [0.29, 0.717) is 0 Å². The molecule has 1 aromatic heterocycles. The van der Waals surface area contributed by atoms with Crippen LogP contribution in [0.1, 0.15) is 52.2 Å². The number of ether oxygens (including phenoxy) is 2. The average Bonchev–Trinajstić information content (AvgIpc) is 3.19. The van der Waals surface area contributed by atoms with Crippen molar-refractivity contribution in [3.63, 3.8) is 0 Å². The van der Waals surface area contributed by atoms with Gasteiger partial charge in [0.2, 0.25) is 0 Å². The molecule has 15 heteroatoms. The Morgan fingerprint density at radius 3 is 2.66 bits per heavy atom. The summed E-state index contributed by atoms with van der Waals surface area (Å²) in [5, 5.41) is 23.4. The summed E-state index contributed by atoms with van der Waals surface area (Å²) in [6.07, 6.45) is 1.42. The molecule has 1 saturated carbocycles. The molecule has 0 radical (unpaired) electrons. The van der Waals surface area contributed by atoms with Gasteiger partial charge >= 0.3 is 19.4 Å². The number of hydrogen-bond acceptors (Lipinski definition) is 11. The lowest BCUT2D eigenvalue weighted by Gasteiger charge is -2.27. The van der Waals surface area contributed by atoms with Gasteiger partial charge < -0.3 is 24.8 Å². The summed E-state index contributed by atoms with van der Waals surface area (Å²) in [5.74, 6) is -1.28. The maximum absolute atomic E-state index is 13.9. The number of anilines is 1. The normalized spacial score (nSPS) is 27.0. The van der Waals surface area contributed by atoms with Gasteiger partial charge in [-0.3, -0.25) is 13.9 Å². The van der Waals surface area contributed by atoms with Crippen LogP contribution in [-0.4, -0.2) is 51.6 Å². The summed E-state index contributed by atoms with van der Waals surface area (Å²) in [6.45, 7) is 2.24. The van der Waals surface area contributed by atoms with Crippen LogP contribution in [0, 0.1) is 22.6 Å². The van der Waals surface area contributed by atoms with Gasteiger partial charge in [-0.2, -0.15) is 15.3 Å². The number of hydrogen-bond donors (Lipinski definition) is 3. The largest absolute Gasteiger partial charge is 0.461 e. The van der Waals surface area contributed by atoms with Gasteiger partial charge in [0, 0.05) is 6.20 Å². The Labute approximate surface area is 236 Å². The fraction of sp³-hybridized carbons (Fsp3) is 0.538. The van der Waals surface area contributed by atoms with Crippen LogP contribution in [0.3, 0.4) is 0 Å². The van der Waals surface area contributed by atoms with Crippen molar-refractivity contribution >= 4 is 19.5 Å². The summed E-state index contributed by atoms with van der Waals surface area (Å²) < 4.78 is 50.9. The second-order valence-corrected chi connectivity index (χ2v) is 12.0. The Bertz CT molecular complexity index is 1380. The van der Waals surface area contributed by atoms with Gasteiger partial charge in [0.25, 0.3) is 0 Å². The van der Waals surface area contributed by atoms with Gasteiger partial charge in [-0.25, -0.2) is 13.8 Å². The number of aromatic nitrogens is 2. The lowest BCUT2D eigenvalue weighted by Crippen LogP contribution is -2.40. The highest BCUT2D eigenvalue weighted by atomic mass is 31.2. The Hall–Kier alpha value is -3.34. The molecule has 2 aliphatic rings. The minimum atomic E-state index is -4.40. The molecule has 222 valence electrons. The number of carbonyl (C=O) groups excluding carboxylic acids is 1. The van der Waals surface area contributed by atoms with Crippen LogP contribution in [-0.2, 0) is 23.4 Å².